The topological polar surface area (TPSA) is 46.5 Å². The average molecular weight is 551 g/mol. The molecule has 4 atom stereocenters. The van der Waals surface area contributed by atoms with E-state index < -0.39 is 11.6 Å². The minimum atomic E-state index is -1.82. The molecule has 2 bridgehead atoms. The molecule has 4 unspecified atom stereocenters. The maximum atomic E-state index is 13.7. The van der Waals surface area contributed by atoms with Crippen molar-refractivity contribution in [3.05, 3.63) is 108 Å². The van der Waals surface area contributed by atoms with Crippen molar-refractivity contribution in [1.29, 1.82) is 0 Å². The van der Waals surface area contributed by atoms with Gasteiger partial charge in [0.15, 0.2) is 0 Å². The van der Waals surface area contributed by atoms with E-state index in [9.17, 15) is 9.90 Å². The van der Waals surface area contributed by atoms with Gasteiger partial charge in [0.05, 0.1) is 26.7 Å². The monoisotopic (exact) mass is 549 g/mol. The lowest BCUT2D eigenvalue weighted by atomic mass is 9.86. The van der Waals surface area contributed by atoms with Crippen LogP contribution >= 0.6 is 0 Å². The summed E-state index contributed by atoms with van der Waals surface area (Å²) < 4.78 is 7.18. The van der Waals surface area contributed by atoms with Crippen LogP contribution < -0.4 is 17.0 Å². The van der Waals surface area contributed by atoms with Crippen molar-refractivity contribution < 1.29 is 36.1 Å². The highest BCUT2D eigenvalue weighted by atomic mass is 79.9. The third-order valence-corrected chi connectivity index (χ3v) is 8.43. The van der Waals surface area contributed by atoms with Gasteiger partial charge in [-0.15, -0.1) is 0 Å². The number of hydrogen-bond donors (Lipinski definition) is 1. The predicted octanol–water partition coefficient (Wildman–Crippen LogP) is 1.96. The van der Waals surface area contributed by atoms with Gasteiger partial charge in [-0.05, 0) is 29.5 Å². The summed E-state index contributed by atoms with van der Waals surface area (Å²) in [4.78, 5) is 13.7. The molecule has 0 heterocycles. The summed E-state index contributed by atoms with van der Waals surface area (Å²) in [5, 5.41) is 11.8. The summed E-state index contributed by atoms with van der Waals surface area (Å²) in [6.07, 6.45) is 4.14. The Morgan fingerprint density at radius 1 is 0.889 bits per heavy atom. The van der Waals surface area contributed by atoms with E-state index in [0.29, 0.717) is 29.0 Å². The molecule has 4 nitrogen and oxygen atoms in total. The van der Waals surface area contributed by atoms with E-state index in [1.54, 1.807) is 24.3 Å². The van der Waals surface area contributed by atoms with Crippen LogP contribution in [0.4, 0.5) is 0 Å². The largest absolute Gasteiger partial charge is 1.00 e. The van der Waals surface area contributed by atoms with E-state index in [1.165, 1.54) is 5.56 Å². The van der Waals surface area contributed by atoms with Crippen molar-refractivity contribution in [2.24, 2.45) is 11.8 Å². The molecule has 3 aromatic carbocycles. The molecule has 2 saturated carbocycles. The first-order valence-corrected chi connectivity index (χ1v) is 12.8. The Kier molecular flexibility index (Phi) is 8.03. The van der Waals surface area contributed by atoms with Crippen LogP contribution in [0.1, 0.15) is 36.0 Å². The normalized spacial score (nSPS) is 23.2. The lowest BCUT2D eigenvalue weighted by molar-refractivity contribution is -0.918. The molecule has 3 aromatic rings. The Morgan fingerprint density at radius 2 is 1.42 bits per heavy atom. The Morgan fingerprint density at radius 3 is 1.97 bits per heavy atom. The van der Waals surface area contributed by atoms with Crippen LogP contribution in [0.2, 0.25) is 0 Å². The molecule has 2 fully saturated rings. The van der Waals surface area contributed by atoms with Gasteiger partial charge in [-0.3, -0.25) is 0 Å². The molecule has 190 valence electrons. The molecule has 0 aliphatic heterocycles. The van der Waals surface area contributed by atoms with Crippen molar-refractivity contribution in [2.75, 3.05) is 20.6 Å². The molecule has 0 amide bonds. The van der Waals surface area contributed by atoms with Crippen LogP contribution in [-0.2, 0) is 21.6 Å². The predicted molar refractivity (Wildman–Crippen MR) is 138 cm³/mol. The van der Waals surface area contributed by atoms with Gasteiger partial charge in [0.1, 0.15) is 6.10 Å². The fourth-order valence-electron chi connectivity index (χ4n) is 6.42. The lowest BCUT2D eigenvalue weighted by Gasteiger charge is -2.40. The molecule has 0 aromatic heterocycles. The number of nitrogens with zero attached hydrogens (tertiary/aromatic N) is 1. The minimum absolute atomic E-state index is 0. The van der Waals surface area contributed by atoms with E-state index in [0.717, 1.165) is 36.7 Å². The molecule has 36 heavy (non-hydrogen) atoms. The maximum Gasteiger partial charge on any atom is 0.347 e. The highest BCUT2D eigenvalue weighted by Gasteiger charge is 2.57. The van der Waals surface area contributed by atoms with Crippen LogP contribution in [-0.4, -0.2) is 48.3 Å². The number of ether oxygens (including phenoxy) is 1. The Hall–Kier alpha value is -2.47. The zero-order valence-electron chi connectivity index (χ0n) is 21.1. The summed E-state index contributed by atoms with van der Waals surface area (Å²) in [5.74, 6) is 0.122. The SMILES string of the molecule is C[N+](C)(CCc1ccccc1)C1CC2CCC1C2OC(=O)C(O)(c1ccccc1)c1ccccc1.[Br-]. The Bertz CT molecular complexity index is 1100. The first-order chi connectivity index (χ1) is 16.9. The van der Waals surface area contributed by atoms with Gasteiger partial charge in [0.2, 0.25) is 5.60 Å². The number of esters is 1. The quantitative estimate of drug-likeness (QED) is 0.345. The minimum Gasteiger partial charge on any atom is -1.00 e. The first-order valence-electron chi connectivity index (χ1n) is 12.8. The molecular weight excluding hydrogens is 514 g/mol. The van der Waals surface area contributed by atoms with Crippen LogP contribution in [0, 0.1) is 11.8 Å². The van der Waals surface area contributed by atoms with Gasteiger partial charge < -0.3 is 31.3 Å². The fraction of sp³-hybridized carbons (Fsp3) is 0.387. The highest BCUT2D eigenvalue weighted by molar-refractivity contribution is 5.85. The van der Waals surface area contributed by atoms with Crippen LogP contribution in [0.3, 0.4) is 0 Å². The van der Waals surface area contributed by atoms with Gasteiger partial charge >= 0.3 is 5.97 Å². The van der Waals surface area contributed by atoms with E-state index in [1.807, 2.05) is 36.4 Å². The van der Waals surface area contributed by atoms with Gasteiger partial charge in [0.25, 0.3) is 0 Å². The Labute approximate surface area is 225 Å². The molecule has 0 radical (unpaired) electrons. The molecule has 0 saturated heterocycles. The van der Waals surface area contributed by atoms with Gasteiger partial charge in [-0.2, -0.15) is 0 Å². The zero-order chi connectivity index (χ0) is 24.5. The van der Waals surface area contributed by atoms with Gasteiger partial charge in [0, 0.05) is 24.7 Å². The Balaban J connectivity index is 0.00000304. The third-order valence-electron chi connectivity index (χ3n) is 8.43. The summed E-state index contributed by atoms with van der Waals surface area (Å²) >= 11 is 0. The summed E-state index contributed by atoms with van der Waals surface area (Å²) in [7, 11) is 4.63. The number of halogens is 1. The second-order valence-electron chi connectivity index (χ2n) is 10.9. The van der Waals surface area contributed by atoms with Crippen molar-refractivity contribution in [1.82, 2.24) is 0 Å². The number of benzene rings is 3. The van der Waals surface area contributed by atoms with Crippen LogP contribution in [0.15, 0.2) is 91.0 Å². The molecule has 2 aliphatic rings. The number of aliphatic hydroxyl groups is 1. The molecule has 1 N–H and O–H groups in total. The second-order valence-corrected chi connectivity index (χ2v) is 10.9. The van der Waals surface area contributed by atoms with Crippen LogP contribution in [0.5, 0.6) is 0 Å². The van der Waals surface area contributed by atoms with E-state index in [2.05, 4.69) is 44.4 Å². The number of hydrogen-bond acceptors (Lipinski definition) is 3. The maximum absolute atomic E-state index is 13.7. The van der Waals surface area contributed by atoms with E-state index >= 15 is 0 Å². The van der Waals surface area contributed by atoms with Crippen molar-refractivity contribution in [2.45, 2.75) is 43.4 Å². The number of carbonyl (C=O) groups is 1. The summed E-state index contributed by atoms with van der Waals surface area (Å²) in [6, 6.07) is 29.4. The van der Waals surface area contributed by atoms with Gasteiger partial charge in [-0.25, -0.2) is 4.79 Å². The fourth-order valence-corrected chi connectivity index (χ4v) is 6.42. The average Bonchev–Trinajstić information content (AvgIpc) is 3.45. The molecule has 5 rings (SSSR count). The molecular formula is C31H36BrNO3. The smallest absolute Gasteiger partial charge is 0.347 e. The molecule has 5 heteroatoms. The number of rotatable bonds is 8. The molecule has 2 aliphatic carbocycles. The number of likely N-dealkylation sites (N-methyl/N-ethyl adjacent to an activating group) is 1. The summed E-state index contributed by atoms with van der Waals surface area (Å²) in [5.41, 5.74) is 0.618. The number of quaternary nitrogens is 1. The number of carbonyl (C=O) groups excluding carboxylic acids is 1. The summed E-state index contributed by atoms with van der Waals surface area (Å²) in [6.45, 7) is 1.05. The van der Waals surface area contributed by atoms with E-state index in [4.69, 9.17) is 4.74 Å². The third kappa shape index (κ3) is 5.02. The second kappa shape index (κ2) is 10.9. The first kappa shape index (κ1) is 26.6. The van der Waals surface area contributed by atoms with Gasteiger partial charge in [-0.1, -0.05) is 91.0 Å². The highest BCUT2D eigenvalue weighted by Crippen LogP contribution is 2.50. The number of fused-ring (bicyclic) bond motifs is 2. The van der Waals surface area contributed by atoms with Crippen molar-refractivity contribution in [3.8, 4) is 0 Å². The zero-order valence-corrected chi connectivity index (χ0v) is 22.7. The van der Waals surface area contributed by atoms with Crippen LogP contribution in [0.25, 0.3) is 0 Å². The lowest BCUT2D eigenvalue weighted by Crippen LogP contribution is -3.00. The van der Waals surface area contributed by atoms with Crippen molar-refractivity contribution >= 4 is 5.97 Å². The molecule has 0 spiro atoms. The van der Waals surface area contributed by atoms with E-state index in [-0.39, 0.29) is 23.1 Å². The van der Waals surface area contributed by atoms with Crippen molar-refractivity contribution in [3.63, 3.8) is 0 Å². The standard InChI is InChI=1S/C31H36NO3.BrH/c1-32(2,21-20-23-12-6-3-7-13-23)28-22-24-18-19-27(28)29(24)35-30(33)31(34,25-14-8-4-9-15-25)26-16-10-5-11-17-26;/h3-17,24,27-29,34H,18-22H2,1-2H3;1H/q+1;/p-1.